The van der Waals surface area contributed by atoms with E-state index in [2.05, 4.69) is 33.2 Å². The molecular weight excluding hydrogens is 314 g/mol. The second kappa shape index (κ2) is 6.55. The van der Waals surface area contributed by atoms with Gasteiger partial charge in [0.2, 0.25) is 0 Å². The fraction of sp³-hybridized carbons (Fsp3) is 0.556. The van der Waals surface area contributed by atoms with Crippen LogP contribution in [0.3, 0.4) is 0 Å². The fourth-order valence-electron chi connectivity index (χ4n) is 3.77. The second-order valence-electron chi connectivity index (χ2n) is 7.23. The van der Waals surface area contributed by atoms with Gasteiger partial charge in [0.1, 0.15) is 12.2 Å². The molecule has 0 radical (unpaired) electrons. The normalized spacial score (nSPS) is 16.8. The highest BCUT2D eigenvalue weighted by Gasteiger charge is 2.22. The Kier molecular flexibility index (Phi) is 4.25. The summed E-state index contributed by atoms with van der Waals surface area (Å²) in [5.41, 5.74) is 4.41. The van der Waals surface area contributed by atoms with E-state index in [-0.39, 0.29) is 0 Å². The van der Waals surface area contributed by atoms with Crippen LogP contribution < -0.4 is 0 Å². The van der Waals surface area contributed by atoms with Gasteiger partial charge in [0.15, 0.2) is 5.65 Å². The van der Waals surface area contributed by atoms with Crippen molar-refractivity contribution in [2.75, 3.05) is 13.1 Å². The highest BCUT2D eigenvalue weighted by atomic mass is 15.3. The Labute approximate surface area is 147 Å². The average Bonchev–Trinajstić information content (AvgIpc) is 3.17. The number of aryl methyl sites for hydroxylation is 3. The molecule has 0 atom stereocenters. The molecule has 0 spiro atoms. The molecular formula is C18H25N7. The molecule has 3 aromatic heterocycles. The molecule has 7 heteroatoms. The van der Waals surface area contributed by atoms with Crippen molar-refractivity contribution < 1.29 is 0 Å². The van der Waals surface area contributed by atoms with Gasteiger partial charge in [-0.1, -0.05) is 0 Å². The van der Waals surface area contributed by atoms with Crippen LogP contribution in [0.25, 0.3) is 5.65 Å². The summed E-state index contributed by atoms with van der Waals surface area (Å²) in [4.78, 5) is 7.21. The zero-order valence-electron chi connectivity index (χ0n) is 15.2. The molecule has 1 aliphatic heterocycles. The zero-order chi connectivity index (χ0) is 17.4. The van der Waals surface area contributed by atoms with Gasteiger partial charge in [-0.2, -0.15) is 5.10 Å². The predicted molar refractivity (Wildman–Crippen MR) is 95.2 cm³/mol. The van der Waals surface area contributed by atoms with E-state index < -0.39 is 0 Å². The lowest BCUT2D eigenvalue weighted by Gasteiger charge is -2.31. The number of fused-ring (bicyclic) bond motifs is 1. The SMILES string of the molecule is Cc1cc(C)n2ncc(CN3CCC(Cc4nncn4C)CC3)c2n1. The lowest BCUT2D eigenvalue weighted by atomic mass is 9.93. The molecule has 0 N–H and O–H groups in total. The largest absolute Gasteiger partial charge is 0.321 e. The number of hydrogen-bond donors (Lipinski definition) is 0. The quantitative estimate of drug-likeness (QED) is 0.727. The van der Waals surface area contributed by atoms with Crippen LogP contribution in [0.15, 0.2) is 18.6 Å². The molecule has 3 aromatic rings. The minimum Gasteiger partial charge on any atom is -0.321 e. The van der Waals surface area contributed by atoms with E-state index in [1.807, 2.05) is 29.3 Å². The van der Waals surface area contributed by atoms with Gasteiger partial charge in [-0.3, -0.25) is 4.90 Å². The lowest BCUT2D eigenvalue weighted by Crippen LogP contribution is -2.34. The van der Waals surface area contributed by atoms with Crippen LogP contribution in [0, 0.1) is 19.8 Å². The van der Waals surface area contributed by atoms with Gasteiger partial charge in [0, 0.05) is 37.0 Å². The summed E-state index contributed by atoms with van der Waals surface area (Å²) in [5.74, 6) is 1.79. The van der Waals surface area contributed by atoms with Crippen molar-refractivity contribution in [3.63, 3.8) is 0 Å². The van der Waals surface area contributed by atoms with Gasteiger partial charge in [-0.15, -0.1) is 10.2 Å². The smallest absolute Gasteiger partial charge is 0.159 e. The van der Waals surface area contributed by atoms with Crippen molar-refractivity contribution in [1.82, 2.24) is 34.3 Å². The first-order valence-corrected chi connectivity index (χ1v) is 8.96. The summed E-state index contributed by atoms with van der Waals surface area (Å²) in [7, 11) is 2.02. The molecule has 25 heavy (non-hydrogen) atoms. The molecule has 0 unspecified atom stereocenters. The Balaban J connectivity index is 1.40. The predicted octanol–water partition coefficient (Wildman–Crippen LogP) is 1.93. The Morgan fingerprint density at radius 3 is 2.72 bits per heavy atom. The van der Waals surface area contributed by atoms with Gasteiger partial charge >= 0.3 is 0 Å². The van der Waals surface area contributed by atoms with Crippen LogP contribution in [0.2, 0.25) is 0 Å². The van der Waals surface area contributed by atoms with E-state index in [1.54, 1.807) is 6.33 Å². The Bertz CT molecular complexity index is 871. The number of aromatic nitrogens is 6. The molecule has 0 aromatic carbocycles. The summed E-state index contributed by atoms with van der Waals surface area (Å²) in [5, 5.41) is 12.7. The molecule has 0 saturated carbocycles. The third kappa shape index (κ3) is 3.28. The minimum absolute atomic E-state index is 0.700. The lowest BCUT2D eigenvalue weighted by molar-refractivity contribution is 0.176. The molecule has 0 amide bonds. The van der Waals surface area contributed by atoms with Crippen molar-refractivity contribution in [2.45, 2.75) is 39.7 Å². The molecule has 0 bridgehead atoms. The van der Waals surface area contributed by atoms with Gasteiger partial charge in [-0.25, -0.2) is 9.50 Å². The zero-order valence-corrected chi connectivity index (χ0v) is 15.2. The van der Waals surface area contributed by atoms with Crippen molar-refractivity contribution in [2.24, 2.45) is 13.0 Å². The number of nitrogens with zero attached hydrogens (tertiary/aromatic N) is 7. The second-order valence-corrected chi connectivity index (χ2v) is 7.23. The first-order chi connectivity index (χ1) is 12.1. The molecule has 1 aliphatic rings. The van der Waals surface area contributed by atoms with Crippen molar-refractivity contribution >= 4 is 5.65 Å². The Morgan fingerprint density at radius 2 is 2.00 bits per heavy atom. The highest BCUT2D eigenvalue weighted by molar-refractivity contribution is 5.47. The van der Waals surface area contributed by atoms with Crippen LogP contribution in [-0.4, -0.2) is 47.4 Å². The highest BCUT2D eigenvalue weighted by Crippen LogP contribution is 2.23. The Morgan fingerprint density at radius 1 is 1.20 bits per heavy atom. The van der Waals surface area contributed by atoms with Gasteiger partial charge in [0.05, 0.1) is 6.20 Å². The van der Waals surface area contributed by atoms with E-state index in [9.17, 15) is 0 Å². The maximum Gasteiger partial charge on any atom is 0.159 e. The van der Waals surface area contributed by atoms with Gasteiger partial charge < -0.3 is 4.57 Å². The minimum atomic E-state index is 0.700. The van der Waals surface area contributed by atoms with Crippen LogP contribution in [0.4, 0.5) is 0 Å². The van der Waals surface area contributed by atoms with Crippen LogP contribution >= 0.6 is 0 Å². The van der Waals surface area contributed by atoms with Crippen LogP contribution in [0.1, 0.15) is 35.6 Å². The maximum absolute atomic E-state index is 4.69. The first kappa shape index (κ1) is 16.2. The van der Waals surface area contributed by atoms with E-state index in [0.29, 0.717) is 5.92 Å². The van der Waals surface area contributed by atoms with Crippen LogP contribution in [0.5, 0.6) is 0 Å². The molecule has 132 valence electrons. The van der Waals surface area contributed by atoms with E-state index in [1.165, 1.54) is 18.4 Å². The Hall–Kier alpha value is -2.28. The number of likely N-dealkylation sites (tertiary alicyclic amines) is 1. The molecule has 1 saturated heterocycles. The number of piperidine rings is 1. The number of rotatable bonds is 4. The summed E-state index contributed by atoms with van der Waals surface area (Å²) in [6.45, 7) is 7.28. The summed E-state index contributed by atoms with van der Waals surface area (Å²) >= 11 is 0. The van der Waals surface area contributed by atoms with E-state index >= 15 is 0 Å². The summed E-state index contributed by atoms with van der Waals surface area (Å²) in [6, 6.07) is 2.07. The van der Waals surface area contributed by atoms with Crippen LogP contribution in [-0.2, 0) is 20.0 Å². The fourth-order valence-corrected chi connectivity index (χ4v) is 3.77. The topological polar surface area (TPSA) is 64.1 Å². The van der Waals surface area contributed by atoms with Gasteiger partial charge in [-0.05, 0) is 51.8 Å². The number of hydrogen-bond acceptors (Lipinski definition) is 5. The monoisotopic (exact) mass is 339 g/mol. The van der Waals surface area contributed by atoms with E-state index in [4.69, 9.17) is 4.98 Å². The molecule has 0 aliphatic carbocycles. The molecule has 7 nitrogen and oxygen atoms in total. The standard InChI is InChI=1S/C18H25N7/c1-13-8-14(2)25-18(21-13)16(10-20-25)11-24-6-4-15(5-7-24)9-17-22-19-12-23(17)3/h8,10,12,15H,4-7,9,11H2,1-3H3. The van der Waals surface area contributed by atoms with Crippen molar-refractivity contribution in [1.29, 1.82) is 0 Å². The van der Waals surface area contributed by atoms with Crippen molar-refractivity contribution in [3.05, 3.63) is 41.4 Å². The molecule has 4 heterocycles. The molecule has 4 rings (SSSR count). The third-order valence-electron chi connectivity index (χ3n) is 5.23. The average molecular weight is 339 g/mol. The van der Waals surface area contributed by atoms with Gasteiger partial charge in [0.25, 0.3) is 0 Å². The summed E-state index contributed by atoms with van der Waals surface area (Å²) < 4.78 is 3.98. The third-order valence-corrected chi connectivity index (χ3v) is 5.23. The summed E-state index contributed by atoms with van der Waals surface area (Å²) in [6.07, 6.45) is 7.20. The molecule has 1 fully saturated rings. The first-order valence-electron chi connectivity index (χ1n) is 8.96. The maximum atomic E-state index is 4.69. The van der Waals surface area contributed by atoms with E-state index in [0.717, 1.165) is 48.9 Å². The van der Waals surface area contributed by atoms with Crippen molar-refractivity contribution in [3.8, 4) is 0 Å².